The van der Waals surface area contributed by atoms with Crippen LogP contribution in [0.5, 0.6) is 17.2 Å². The summed E-state index contributed by atoms with van der Waals surface area (Å²) in [5.74, 6) is -0.734. The van der Waals surface area contributed by atoms with E-state index in [1.807, 2.05) is 0 Å². The predicted molar refractivity (Wildman–Crippen MR) is 131 cm³/mol. The Labute approximate surface area is 217 Å². The standard InChI is InChI=1S/C27H25ClF3NO5/c1-35-22-9-10-24(32-25(22)16-3-7-19(29)18(28)13-16)27(34,17-5-6-17)12-11-20(33)15-4-8-21(37-26(30)31)23(14-15)36-2/h3-4,7-10,13-14,17,26,34H,5-6,11-12H2,1-2H3. The van der Waals surface area contributed by atoms with E-state index in [-0.39, 0.29) is 46.6 Å². The second-order valence-electron chi connectivity index (χ2n) is 8.74. The molecular weight excluding hydrogens is 511 g/mol. The van der Waals surface area contributed by atoms with E-state index in [0.717, 1.165) is 12.8 Å². The number of ether oxygens (including phenoxy) is 3. The van der Waals surface area contributed by atoms with Crippen molar-refractivity contribution in [1.29, 1.82) is 0 Å². The molecule has 6 nitrogen and oxygen atoms in total. The van der Waals surface area contributed by atoms with Crippen molar-refractivity contribution in [1.82, 2.24) is 4.98 Å². The summed E-state index contributed by atoms with van der Waals surface area (Å²) in [5, 5.41) is 11.7. The van der Waals surface area contributed by atoms with Crippen LogP contribution in [0, 0.1) is 11.7 Å². The van der Waals surface area contributed by atoms with Gasteiger partial charge in [0, 0.05) is 17.5 Å². The number of alkyl halides is 2. The summed E-state index contributed by atoms with van der Waals surface area (Å²) in [6.07, 6.45) is 1.58. The Morgan fingerprint density at radius 2 is 1.78 bits per heavy atom. The van der Waals surface area contributed by atoms with Gasteiger partial charge in [-0.25, -0.2) is 9.37 Å². The predicted octanol–water partition coefficient (Wildman–Crippen LogP) is 6.42. The van der Waals surface area contributed by atoms with E-state index in [2.05, 4.69) is 9.72 Å². The van der Waals surface area contributed by atoms with E-state index in [1.54, 1.807) is 12.1 Å². The third-order valence-corrected chi connectivity index (χ3v) is 6.69. The van der Waals surface area contributed by atoms with Gasteiger partial charge in [-0.1, -0.05) is 11.6 Å². The van der Waals surface area contributed by atoms with Crippen molar-refractivity contribution in [3.8, 4) is 28.5 Å². The van der Waals surface area contributed by atoms with Crippen LogP contribution >= 0.6 is 11.6 Å². The summed E-state index contributed by atoms with van der Waals surface area (Å²) in [6, 6.07) is 11.4. The van der Waals surface area contributed by atoms with Gasteiger partial charge in [-0.05, 0) is 73.7 Å². The molecule has 37 heavy (non-hydrogen) atoms. The third kappa shape index (κ3) is 5.83. The number of halogens is 4. The van der Waals surface area contributed by atoms with Gasteiger partial charge in [-0.15, -0.1) is 0 Å². The van der Waals surface area contributed by atoms with Gasteiger partial charge in [-0.3, -0.25) is 4.79 Å². The first-order chi connectivity index (χ1) is 17.7. The molecule has 1 N–H and O–H groups in total. The molecule has 2 aromatic carbocycles. The van der Waals surface area contributed by atoms with Crippen LogP contribution in [0.2, 0.25) is 5.02 Å². The Morgan fingerprint density at radius 1 is 1.08 bits per heavy atom. The topological polar surface area (TPSA) is 77.9 Å². The largest absolute Gasteiger partial charge is 0.494 e. The van der Waals surface area contributed by atoms with Gasteiger partial charge >= 0.3 is 6.61 Å². The molecule has 1 saturated carbocycles. The Hall–Kier alpha value is -3.30. The molecule has 1 unspecified atom stereocenters. The number of hydrogen-bond acceptors (Lipinski definition) is 6. The normalized spacial score (nSPS) is 14.8. The number of ketones is 1. The maximum atomic E-state index is 13.7. The molecule has 10 heteroatoms. The number of hydrogen-bond donors (Lipinski definition) is 1. The van der Waals surface area contributed by atoms with Crippen LogP contribution in [0.1, 0.15) is 41.7 Å². The molecule has 4 rings (SSSR count). The van der Waals surface area contributed by atoms with Crippen LogP contribution in [0.4, 0.5) is 13.2 Å². The van der Waals surface area contributed by atoms with Gasteiger partial charge in [0.25, 0.3) is 0 Å². The highest BCUT2D eigenvalue weighted by molar-refractivity contribution is 6.31. The second kappa shape index (κ2) is 11.0. The number of carbonyl (C=O) groups is 1. The number of pyridine rings is 1. The second-order valence-corrected chi connectivity index (χ2v) is 9.15. The van der Waals surface area contributed by atoms with Gasteiger partial charge < -0.3 is 19.3 Å². The smallest absolute Gasteiger partial charge is 0.387 e. The molecule has 0 amide bonds. The lowest BCUT2D eigenvalue weighted by Gasteiger charge is -2.28. The van der Waals surface area contributed by atoms with Crippen LogP contribution in [0.3, 0.4) is 0 Å². The van der Waals surface area contributed by atoms with E-state index < -0.39 is 18.0 Å². The van der Waals surface area contributed by atoms with Crippen molar-refractivity contribution in [2.24, 2.45) is 5.92 Å². The van der Waals surface area contributed by atoms with Crippen molar-refractivity contribution >= 4 is 17.4 Å². The number of benzene rings is 2. The van der Waals surface area contributed by atoms with Crippen LogP contribution in [-0.4, -0.2) is 36.7 Å². The lowest BCUT2D eigenvalue weighted by Crippen LogP contribution is -2.30. The minimum Gasteiger partial charge on any atom is -0.494 e. The number of aromatic nitrogens is 1. The minimum absolute atomic E-state index is 0.00280. The highest BCUT2D eigenvalue weighted by atomic mass is 35.5. The first-order valence-corrected chi connectivity index (χ1v) is 11.9. The van der Waals surface area contributed by atoms with Gasteiger partial charge in [0.2, 0.25) is 0 Å². The summed E-state index contributed by atoms with van der Waals surface area (Å²) in [6.45, 7) is -3.03. The monoisotopic (exact) mass is 535 g/mol. The maximum absolute atomic E-state index is 13.7. The molecule has 0 radical (unpaired) electrons. The SMILES string of the molecule is COc1cc(C(=O)CCC(O)(c2ccc(OC)c(-c3ccc(F)c(Cl)c3)n2)C2CC2)ccc1OC(F)F. The van der Waals surface area contributed by atoms with Crippen molar-refractivity contribution in [3.05, 3.63) is 70.6 Å². The van der Waals surface area contributed by atoms with Crippen LogP contribution in [0.25, 0.3) is 11.3 Å². The molecule has 0 spiro atoms. The maximum Gasteiger partial charge on any atom is 0.387 e. The number of methoxy groups -OCH3 is 2. The highest BCUT2D eigenvalue weighted by Gasteiger charge is 2.46. The molecule has 0 aliphatic heterocycles. The number of rotatable bonds is 11. The molecule has 0 bridgehead atoms. The molecule has 1 atom stereocenters. The fourth-order valence-corrected chi connectivity index (χ4v) is 4.47. The third-order valence-electron chi connectivity index (χ3n) is 6.40. The summed E-state index contributed by atoms with van der Waals surface area (Å²) >= 11 is 5.96. The van der Waals surface area contributed by atoms with E-state index in [0.29, 0.717) is 22.7 Å². The van der Waals surface area contributed by atoms with Crippen LogP contribution < -0.4 is 14.2 Å². The summed E-state index contributed by atoms with van der Waals surface area (Å²) in [7, 11) is 2.76. The Balaban J connectivity index is 1.60. The molecule has 1 aliphatic carbocycles. The lowest BCUT2D eigenvalue weighted by molar-refractivity contribution is -0.0512. The zero-order chi connectivity index (χ0) is 26.7. The van der Waals surface area contributed by atoms with E-state index in [9.17, 15) is 23.1 Å². The quantitative estimate of drug-likeness (QED) is 0.285. The molecule has 1 aromatic heterocycles. The van der Waals surface area contributed by atoms with Gasteiger partial charge in [0.15, 0.2) is 17.3 Å². The van der Waals surface area contributed by atoms with Gasteiger partial charge in [-0.2, -0.15) is 8.78 Å². The van der Waals surface area contributed by atoms with Crippen LogP contribution in [-0.2, 0) is 5.60 Å². The highest BCUT2D eigenvalue weighted by Crippen LogP contribution is 2.49. The number of aliphatic hydroxyl groups is 1. The first kappa shape index (κ1) is 26.8. The molecule has 1 heterocycles. The fourth-order valence-electron chi connectivity index (χ4n) is 4.29. The van der Waals surface area contributed by atoms with Crippen molar-refractivity contribution < 1.29 is 37.3 Å². The average Bonchev–Trinajstić information content (AvgIpc) is 3.74. The average molecular weight is 536 g/mol. The molecule has 3 aromatic rings. The van der Waals surface area contributed by atoms with E-state index in [4.69, 9.17) is 21.1 Å². The Kier molecular flexibility index (Phi) is 7.94. The zero-order valence-corrected chi connectivity index (χ0v) is 20.9. The number of Topliss-reactive ketones (excluding diaryl/α,β-unsaturated/α-hetero) is 1. The van der Waals surface area contributed by atoms with Crippen molar-refractivity contribution in [2.75, 3.05) is 14.2 Å². The van der Waals surface area contributed by atoms with Crippen LogP contribution in [0.15, 0.2) is 48.5 Å². The summed E-state index contributed by atoms with van der Waals surface area (Å²) in [4.78, 5) is 17.6. The number of nitrogens with zero attached hydrogens (tertiary/aromatic N) is 1. The Bertz CT molecular complexity index is 1300. The first-order valence-electron chi connectivity index (χ1n) is 11.6. The van der Waals surface area contributed by atoms with Crippen molar-refractivity contribution in [3.63, 3.8) is 0 Å². The molecular formula is C27H25ClF3NO5. The lowest BCUT2D eigenvalue weighted by atomic mass is 9.86. The molecule has 1 fully saturated rings. The summed E-state index contributed by atoms with van der Waals surface area (Å²) < 4.78 is 53.8. The summed E-state index contributed by atoms with van der Waals surface area (Å²) in [5.41, 5.74) is 0.0889. The number of carbonyl (C=O) groups excluding carboxylic acids is 1. The van der Waals surface area contributed by atoms with Gasteiger partial charge in [0.1, 0.15) is 22.9 Å². The molecule has 0 saturated heterocycles. The Morgan fingerprint density at radius 3 is 2.41 bits per heavy atom. The van der Waals surface area contributed by atoms with Gasteiger partial charge in [0.05, 0.1) is 24.9 Å². The van der Waals surface area contributed by atoms with E-state index in [1.165, 1.54) is 50.6 Å². The molecule has 1 aliphatic rings. The molecule has 196 valence electrons. The minimum atomic E-state index is -3.03. The van der Waals surface area contributed by atoms with E-state index >= 15 is 0 Å². The zero-order valence-electron chi connectivity index (χ0n) is 20.1. The fraction of sp³-hybridized carbons (Fsp3) is 0.333. The van der Waals surface area contributed by atoms with Crippen molar-refractivity contribution in [2.45, 2.75) is 37.9 Å².